The van der Waals surface area contributed by atoms with Crippen molar-refractivity contribution >= 4 is 42.4 Å². The molecule has 0 bridgehead atoms. The summed E-state index contributed by atoms with van der Waals surface area (Å²) in [6.45, 7) is 4.21. The van der Waals surface area contributed by atoms with Crippen LogP contribution in [0.1, 0.15) is 29.7 Å². The van der Waals surface area contributed by atoms with E-state index in [2.05, 4.69) is 9.97 Å². The third-order valence-corrected chi connectivity index (χ3v) is 8.15. The Morgan fingerprint density at radius 2 is 1.76 bits per heavy atom. The van der Waals surface area contributed by atoms with Crippen molar-refractivity contribution in [1.82, 2.24) is 9.97 Å². The van der Waals surface area contributed by atoms with Gasteiger partial charge < -0.3 is 0 Å². The van der Waals surface area contributed by atoms with Gasteiger partial charge in [0, 0.05) is 12.6 Å². The molecular weight excluding hydrogens is 454 g/mol. The van der Waals surface area contributed by atoms with Gasteiger partial charge in [-0.15, -0.1) is 0 Å². The van der Waals surface area contributed by atoms with Crippen LogP contribution in [-0.2, 0) is 21.2 Å². The Labute approximate surface area is 197 Å². The zero-order valence-electron chi connectivity index (χ0n) is 18.6. The van der Waals surface area contributed by atoms with Crippen LogP contribution in [0, 0.1) is 13.8 Å². The van der Waals surface area contributed by atoms with Gasteiger partial charge in [-0.1, -0.05) is 41.2 Å². The summed E-state index contributed by atoms with van der Waals surface area (Å²) in [5, 5.41) is 0.590. The minimum absolute atomic E-state index is 0.0851. The number of aryl methyl sites for hydroxylation is 2. The molecular formula is C25H25N3O3S2. The van der Waals surface area contributed by atoms with Crippen LogP contribution >= 0.6 is 11.3 Å². The van der Waals surface area contributed by atoms with Crippen molar-refractivity contribution in [3.05, 3.63) is 83.7 Å². The summed E-state index contributed by atoms with van der Waals surface area (Å²) in [6.07, 6.45) is 2.03. The SMILES string of the molecule is Cc1ccc(S(=O)(=O)CCCC(=O)N(Cc2ccccn2)c2nc3ccc(C)cc3s2)cc1. The second-order valence-electron chi connectivity index (χ2n) is 8.00. The Kier molecular flexibility index (Phi) is 6.85. The number of anilines is 1. The van der Waals surface area contributed by atoms with E-state index in [1.807, 2.05) is 50.2 Å². The fraction of sp³-hybridized carbons (Fsp3) is 0.240. The summed E-state index contributed by atoms with van der Waals surface area (Å²) in [5.74, 6) is -0.256. The largest absolute Gasteiger partial charge is 0.282 e. The lowest BCUT2D eigenvalue weighted by Gasteiger charge is -2.19. The summed E-state index contributed by atoms with van der Waals surface area (Å²) in [5.41, 5.74) is 3.71. The highest BCUT2D eigenvalue weighted by atomic mass is 32.2. The van der Waals surface area contributed by atoms with Gasteiger partial charge in [0.1, 0.15) is 0 Å². The monoisotopic (exact) mass is 479 g/mol. The molecule has 2 heterocycles. The van der Waals surface area contributed by atoms with Crippen LogP contribution in [0.5, 0.6) is 0 Å². The van der Waals surface area contributed by atoms with Gasteiger partial charge in [0.25, 0.3) is 0 Å². The van der Waals surface area contributed by atoms with Crippen molar-refractivity contribution in [3.63, 3.8) is 0 Å². The molecule has 170 valence electrons. The van der Waals surface area contributed by atoms with Crippen LogP contribution in [-0.4, -0.2) is 30.0 Å². The first-order valence-corrected chi connectivity index (χ1v) is 13.2. The summed E-state index contributed by atoms with van der Waals surface area (Å²) < 4.78 is 26.3. The standard InChI is InChI=1S/C25H25N3O3S2/c1-18-8-11-21(12-9-18)33(30,31)15-5-7-24(29)28(17-20-6-3-4-14-26-20)25-27-22-13-10-19(2)16-23(22)32-25/h3-4,6,8-14,16H,5,7,15,17H2,1-2H3. The normalized spacial score (nSPS) is 11.6. The lowest BCUT2D eigenvalue weighted by molar-refractivity contribution is -0.118. The first-order chi connectivity index (χ1) is 15.8. The molecule has 6 nitrogen and oxygen atoms in total. The molecule has 0 radical (unpaired) electrons. The summed E-state index contributed by atoms with van der Waals surface area (Å²) in [6, 6.07) is 18.3. The topological polar surface area (TPSA) is 80.2 Å². The van der Waals surface area contributed by atoms with Gasteiger partial charge in [-0.25, -0.2) is 13.4 Å². The molecule has 4 aromatic rings. The first-order valence-electron chi connectivity index (χ1n) is 10.7. The maximum atomic E-state index is 13.2. The molecule has 0 spiro atoms. The van der Waals surface area contributed by atoms with E-state index >= 15 is 0 Å². The molecule has 0 aliphatic heterocycles. The van der Waals surface area contributed by atoms with Crippen LogP contribution in [0.4, 0.5) is 5.13 Å². The van der Waals surface area contributed by atoms with Gasteiger partial charge in [-0.3, -0.25) is 14.7 Å². The maximum absolute atomic E-state index is 13.2. The van der Waals surface area contributed by atoms with Gasteiger partial charge in [-0.05, 0) is 62.2 Å². The van der Waals surface area contributed by atoms with Gasteiger partial charge in [-0.2, -0.15) is 0 Å². The van der Waals surface area contributed by atoms with Crippen molar-refractivity contribution in [3.8, 4) is 0 Å². The number of benzene rings is 2. The quantitative estimate of drug-likeness (QED) is 0.351. The zero-order valence-corrected chi connectivity index (χ0v) is 20.2. The van der Waals surface area contributed by atoms with Crippen LogP contribution in [0.15, 0.2) is 71.8 Å². The molecule has 2 aromatic carbocycles. The predicted octanol–water partition coefficient (Wildman–Crippen LogP) is 5.10. The van der Waals surface area contributed by atoms with E-state index in [4.69, 9.17) is 0 Å². The van der Waals surface area contributed by atoms with Crippen molar-refractivity contribution in [2.75, 3.05) is 10.7 Å². The van der Waals surface area contributed by atoms with E-state index in [0.717, 1.165) is 27.0 Å². The van der Waals surface area contributed by atoms with Crippen LogP contribution in [0.2, 0.25) is 0 Å². The van der Waals surface area contributed by atoms with Crippen molar-refractivity contribution < 1.29 is 13.2 Å². The second kappa shape index (κ2) is 9.80. The van der Waals surface area contributed by atoms with Gasteiger partial charge in [0.15, 0.2) is 15.0 Å². The average molecular weight is 480 g/mol. The molecule has 4 rings (SSSR count). The van der Waals surface area contributed by atoms with E-state index in [-0.39, 0.29) is 35.9 Å². The molecule has 0 aliphatic rings. The Balaban J connectivity index is 1.52. The summed E-state index contributed by atoms with van der Waals surface area (Å²) in [4.78, 5) is 24.1. The third kappa shape index (κ3) is 5.64. The number of amides is 1. The number of aromatic nitrogens is 2. The predicted molar refractivity (Wildman–Crippen MR) is 132 cm³/mol. The Hall–Kier alpha value is -3.10. The number of nitrogens with zero attached hydrogens (tertiary/aromatic N) is 3. The molecule has 2 aromatic heterocycles. The Morgan fingerprint density at radius 3 is 2.48 bits per heavy atom. The molecule has 0 unspecified atom stereocenters. The number of sulfone groups is 1. The molecule has 1 amide bonds. The fourth-order valence-electron chi connectivity index (χ4n) is 3.46. The highest BCUT2D eigenvalue weighted by Gasteiger charge is 2.22. The van der Waals surface area contributed by atoms with E-state index in [9.17, 15) is 13.2 Å². The number of hydrogen-bond acceptors (Lipinski definition) is 6. The Bertz CT molecular complexity index is 1370. The summed E-state index contributed by atoms with van der Waals surface area (Å²) >= 11 is 1.45. The second-order valence-corrected chi connectivity index (χ2v) is 11.1. The molecule has 0 N–H and O–H groups in total. The molecule has 0 fully saturated rings. The van der Waals surface area contributed by atoms with Gasteiger partial charge in [0.2, 0.25) is 5.91 Å². The van der Waals surface area contributed by atoms with Gasteiger partial charge in [0.05, 0.1) is 33.1 Å². The molecule has 0 aliphatic carbocycles. The number of pyridine rings is 1. The Morgan fingerprint density at radius 1 is 1.00 bits per heavy atom. The van der Waals surface area contributed by atoms with Crippen LogP contribution < -0.4 is 4.90 Å². The highest BCUT2D eigenvalue weighted by Crippen LogP contribution is 2.31. The number of fused-ring (bicyclic) bond motifs is 1. The number of thiazole rings is 1. The van der Waals surface area contributed by atoms with Crippen molar-refractivity contribution in [1.29, 1.82) is 0 Å². The minimum atomic E-state index is -3.44. The number of carbonyl (C=O) groups excluding carboxylic acids is 1. The molecule has 0 atom stereocenters. The third-order valence-electron chi connectivity index (χ3n) is 5.29. The fourth-order valence-corrected chi connectivity index (χ4v) is 5.85. The number of hydrogen-bond donors (Lipinski definition) is 0. The van der Waals surface area contributed by atoms with Gasteiger partial charge >= 0.3 is 0 Å². The van der Waals surface area contributed by atoms with E-state index < -0.39 is 9.84 Å². The lowest BCUT2D eigenvalue weighted by Crippen LogP contribution is -2.30. The minimum Gasteiger partial charge on any atom is -0.282 e. The highest BCUT2D eigenvalue weighted by molar-refractivity contribution is 7.91. The van der Waals surface area contributed by atoms with Crippen molar-refractivity contribution in [2.45, 2.75) is 38.1 Å². The van der Waals surface area contributed by atoms with Crippen LogP contribution in [0.25, 0.3) is 10.2 Å². The average Bonchev–Trinajstić information content (AvgIpc) is 3.21. The van der Waals surface area contributed by atoms with E-state index in [1.165, 1.54) is 11.3 Å². The lowest BCUT2D eigenvalue weighted by atomic mass is 10.2. The molecule has 33 heavy (non-hydrogen) atoms. The molecule has 0 saturated carbocycles. The smallest absolute Gasteiger partial charge is 0.229 e. The summed E-state index contributed by atoms with van der Waals surface area (Å²) in [7, 11) is -3.44. The maximum Gasteiger partial charge on any atom is 0.229 e. The molecule has 8 heteroatoms. The first kappa shape index (κ1) is 23.1. The molecule has 0 saturated heterocycles. The van der Waals surface area contributed by atoms with Crippen molar-refractivity contribution in [2.24, 2.45) is 0 Å². The van der Waals surface area contributed by atoms with E-state index in [1.54, 1.807) is 35.4 Å². The zero-order chi connectivity index (χ0) is 23.4. The number of rotatable bonds is 8. The number of carbonyl (C=O) groups is 1. The van der Waals surface area contributed by atoms with Crippen LogP contribution in [0.3, 0.4) is 0 Å². The van der Waals surface area contributed by atoms with E-state index in [0.29, 0.717) is 5.13 Å².